The van der Waals surface area contributed by atoms with E-state index in [1.54, 1.807) is 0 Å². The van der Waals surface area contributed by atoms with Gasteiger partial charge in [-0.3, -0.25) is 0 Å². The standard InChI is InChI=1S/C3H6OS2.2Na.2H/c1-2-4-3(5)6;;;;/h2H2,1H3,(H,5,6);;;;. The molecular formula is C3H8Na2OS2. The van der Waals surface area contributed by atoms with Gasteiger partial charge in [-0.1, -0.05) is 12.6 Å². The molecule has 0 aromatic rings. The third-order valence-corrected chi connectivity index (χ3v) is 0.515. The first-order valence-electron chi connectivity index (χ1n) is 1.63. The molecule has 0 spiro atoms. The van der Waals surface area contributed by atoms with E-state index < -0.39 is 0 Å². The van der Waals surface area contributed by atoms with Crippen LogP contribution in [-0.2, 0) is 4.74 Å². The Balaban J connectivity index is -0.000000125. The van der Waals surface area contributed by atoms with E-state index in [0.717, 1.165) is 0 Å². The van der Waals surface area contributed by atoms with Crippen LogP contribution >= 0.6 is 24.8 Å². The molecule has 8 heavy (non-hydrogen) atoms. The molecule has 0 atom stereocenters. The van der Waals surface area contributed by atoms with Crippen molar-refractivity contribution in [2.75, 3.05) is 6.61 Å². The van der Waals surface area contributed by atoms with Crippen molar-refractivity contribution in [2.24, 2.45) is 0 Å². The zero-order chi connectivity index (χ0) is 4.99. The summed E-state index contributed by atoms with van der Waals surface area (Å²) in [5.74, 6) is 0. The third-order valence-electron chi connectivity index (χ3n) is 0.268. The van der Waals surface area contributed by atoms with Gasteiger partial charge in [0.25, 0.3) is 0 Å². The predicted octanol–water partition coefficient (Wildman–Crippen LogP) is -0.0594. The second-order valence-corrected chi connectivity index (χ2v) is 1.78. The average molecular weight is 170 g/mol. The molecule has 0 rings (SSSR count). The Kier molecular flexibility index (Phi) is 25.0. The van der Waals surface area contributed by atoms with Crippen molar-refractivity contribution in [1.29, 1.82) is 0 Å². The zero-order valence-corrected chi connectivity index (χ0v) is 5.18. The Bertz CT molecular complexity index is 59.2. The summed E-state index contributed by atoms with van der Waals surface area (Å²) in [5.41, 5.74) is 0. The summed E-state index contributed by atoms with van der Waals surface area (Å²) in [4.78, 5) is 0. The van der Waals surface area contributed by atoms with Crippen molar-refractivity contribution >= 4 is 88.3 Å². The van der Waals surface area contributed by atoms with Gasteiger partial charge in [0, 0.05) is 0 Å². The normalized spacial score (nSPS) is 5.75. The zero-order valence-electron chi connectivity index (χ0n) is 3.47. The van der Waals surface area contributed by atoms with Crippen LogP contribution in [0.2, 0.25) is 0 Å². The average Bonchev–Trinajstić information content (AvgIpc) is 1.35. The van der Waals surface area contributed by atoms with Crippen LogP contribution in [0, 0.1) is 0 Å². The summed E-state index contributed by atoms with van der Waals surface area (Å²) in [6.45, 7) is 2.48. The second-order valence-electron chi connectivity index (χ2n) is 0.699. The van der Waals surface area contributed by atoms with E-state index in [1.807, 2.05) is 6.92 Å². The molecule has 0 saturated heterocycles. The van der Waals surface area contributed by atoms with Gasteiger partial charge in [0.2, 0.25) is 4.38 Å². The van der Waals surface area contributed by atoms with E-state index in [9.17, 15) is 0 Å². The molecule has 0 heterocycles. The second kappa shape index (κ2) is 12.0. The van der Waals surface area contributed by atoms with Crippen LogP contribution in [0.3, 0.4) is 0 Å². The molecule has 5 heteroatoms. The van der Waals surface area contributed by atoms with E-state index >= 15 is 0 Å². The Hall–Kier alpha value is 2.24. The molecule has 0 N–H and O–H groups in total. The van der Waals surface area contributed by atoms with Gasteiger partial charge in [0.15, 0.2) is 0 Å². The molecule has 1 nitrogen and oxygen atoms in total. The maximum absolute atomic E-state index is 4.64. The van der Waals surface area contributed by atoms with Crippen molar-refractivity contribution in [3.63, 3.8) is 0 Å². The van der Waals surface area contributed by atoms with E-state index in [2.05, 4.69) is 29.6 Å². The fourth-order valence-electron chi connectivity index (χ4n) is 0.123. The molecule has 0 aliphatic heterocycles. The van der Waals surface area contributed by atoms with Gasteiger partial charge in [-0.2, -0.15) is 0 Å². The van der Waals surface area contributed by atoms with E-state index in [4.69, 9.17) is 0 Å². The van der Waals surface area contributed by atoms with Gasteiger partial charge in [-0.15, -0.1) is 0 Å². The van der Waals surface area contributed by atoms with Crippen LogP contribution in [0.1, 0.15) is 6.92 Å². The van der Waals surface area contributed by atoms with E-state index in [-0.39, 0.29) is 59.1 Å². The topological polar surface area (TPSA) is 9.23 Å². The number of thiocarbonyl (C=S) groups is 1. The van der Waals surface area contributed by atoms with Crippen LogP contribution in [0.25, 0.3) is 0 Å². The minimum atomic E-state index is 0. The minimum absolute atomic E-state index is 0. The summed E-state index contributed by atoms with van der Waals surface area (Å²) in [5, 5.41) is 0. The van der Waals surface area contributed by atoms with Gasteiger partial charge < -0.3 is 4.74 Å². The number of rotatable bonds is 1. The first kappa shape index (κ1) is 16.7. The van der Waals surface area contributed by atoms with Crippen molar-refractivity contribution in [1.82, 2.24) is 0 Å². The van der Waals surface area contributed by atoms with Crippen LogP contribution < -0.4 is 0 Å². The van der Waals surface area contributed by atoms with Crippen molar-refractivity contribution in [3.8, 4) is 0 Å². The third kappa shape index (κ3) is 15.7. The van der Waals surface area contributed by atoms with Crippen molar-refractivity contribution in [3.05, 3.63) is 0 Å². The number of ether oxygens (including phenoxy) is 1. The first-order chi connectivity index (χ1) is 2.77. The van der Waals surface area contributed by atoms with Crippen LogP contribution in [0.15, 0.2) is 0 Å². The number of hydrogen-bond donors (Lipinski definition) is 1. The van der Waals surface area contributed by atoms with Crippen molar-refractivity contribution < 1.29 is 4.74 Å². The van der Waals surface area contributed by atoms with Crippen LogP contribution in [0.4, 0.5) is 0 Å². The van der Waals surface area contributed by atoms with Gasteiger partial charge in [-0.25, -0.2) is 0 Å². The Morgan fingerprint density at radius 3 is 2.00 bits per heavy atom. The van der Waals surface area contributed by atoms with E-state index in [1.165, 1.54) is 0 Å². The molecule has 0 unspecified atom stereocenters. The maximum atomic E-state index is 4.64. The monoisotopic (exact) mass is 170 g/mol. The molecule has 0 bridgehead atoms. The summed E-state index contributed by atoms with van der Waals surface area (Å²) in [6.07, 6.45) is 0. The Morgan fingerprint density at radius 2 is 2.00 bits per heavy atom. The quantitative estimate of drug-likeness (QED) is 0.335. The first-order valence-corrected chi connectivity index (χ1v) is 2.48. The predicted molar refractivity (Wildman–Crippen MR) is 47.5 cm³/mol. The molecule has 40 valence electrons. The number of thiol groups is 1. The molecule has 0 aliphatic rings. The van der Waals surface area contributed by atoms with Crippen LogP contribution in [0.5, 0.6) is 0 Å². The molecule has 0 aromatic carbocycles. The summed E-state index contributed by atoms with van der Waals surface area (Å²) in [6, 6.07) is 0. The van der Waals surface area contributed by atoms with Gasteiger partial charge in [0.05, 0.1) is 6.61 Å². The molecule has 0 aromatic heterocycles. The number of hydrogen-bond acceptors (Lipinski definition) is 2. The molecule has 0 aliphatic carbocycles. The Labute approximate surface area is 105 Å². The fourth-order valence-corrected chi connectivity index (χ4v) is 0.370. The van der Waals surface area contributed by atoms with E-state index in [0.29, 0.717) is 11.0 Å². The van der Waals surface area contributed by atoms with Crippen LogP contribution in [-0.4, -0.2) is 70.1 Å². The summed E-state index contributed by atoms with van der Waals surface area (Å²) in [7, 11) is 0. The fraction of sp³-hybridized carbons (Fsp3) is 0.667. The van der Waals surface area contributed by atoms with Gasteiger partial charge >= 0.3 is 59.1 Å². The molecule has 0 fully saturated rings. The molecule has 0 amide bonds. The van der Waals surface area contributed by atoms with Crippen molar-refractivity contribution in [2.45, 2.75) is 6.92 Å². The SMILES string of the molecule is CCOC(=S)S.[NaH].[NaH]. The molecule has 0 radical (unpaired) electrons. The van der Waals surface area contributed by atoms with Gasteiger partial charge in [0.1, 0.15) is 0 Å². The summed E-state index contributed by atoms with van der Waals surface area (Å²) < 4.78 is 4.95. The summed E-state index contributed by atoms with van der Waals surface area (Å²) >= 11 is 8.12. The Morgan fingerprint density at radius 1 is 1.62 bits per heavy atom. The molecule has 0 saturated carbocycles. The molecular weight excluding hydrogens is 162 g/mol. The van der Waals surface area contributed by atoms with Gasteiger partial charge in [-0.05, 0) is 19.1 Å².